The zero-order chi connectivity index (χ0) is 29.3. The molecule has 1 fully saturated rings. The van der Waals surface area contributed by atoms with Crippen LogP contribution in [0.1, 0.15) is 68.6 Å². The van der Waals surface area contributed by atoms with Gasteiger partial charge in [-0.3, -0.25) is 9.29 Å². The summed E-state index contributed by atoms with van der Waals surface area (Å²) in [6.45, 7) is 3.15. The van der Waals surface area contributed by atoms with Gasteiger partial charge in [-0.1, -0.05) is 30.3 Å². The van der Waals surface area contributed by atoms with Crippen LogP contribution in [0.5, 0.6) is 0 Å². The molecule has 1 saturated heterocycles. The van der Waals surface area contributed by atoms with Crippen molar-refractivity contribution in [2.75, 3.05) is 26.3 Å². The molecule has 8 heteroatoms. The number of aryl methyl sites for hydroxylation is 2. The molecular formula is C33H30F5NO2. The minimum atomic E-state index is -4.67. The first-order valence-corrected chi connectivity index (χ1v) is 13.6. The summed E-state index contributed by atoms with van der Waals surface area (Å²) in [5.74, 6) is -1.54. The molecule has 3 aromatic rings. The van der Waals surface area contributed by atoms with E-state index in [-0.39, 0.29) is 11.1 Å². The SMILES string of the molecule is Cc1cc(F)ccc1C1=C(c2ccc(C=C3CN(CCCF)C3)cc2C(F)(F)F)c2ccc(C(=O)O)cc2CCC1. The molecule has 2 aliphatic rings. The maximum atomic E-state index is 14.7. The smallest absolute Gasteiger partial charge is 0.417 e. The van der Waals surface area contributed by atoms with E-state index in [0.717, 1.165) is 11.6 Å². The first-order chi connectivity index (χ1) is 19.5. The number of allylic oxidation sites excluding steroid dienone is 1. The number of hydrogen-bond donors (Lipinski definition) is 1. The van der Waals surface area contributed by atoms with E-state index in [4.69, 9.17) is 0 Å². The fourth-order valence-corrected chi connectivity index (χ4v) is 5.86. The number of aromatic carboxylic acids is 1. The van der Waals surface area contributed by atoms with Gasteiger partial charge in [-0.2, -0.15) is 13.2 Å². The number of alkyl halides is 4. The molecule has 1 N–H and O–H groups in total. The molecule has 41 heavy (non-hydrogen) atoms. The Bertz CT molecular complexity index is 1550. The molecule has 0 atom stereocenters. The Labute approximate surface area is 235 Å². The number of carbonyl (C=O) groups is 1. The van der Waals surface area contributed by atoms with Gasteiger partial charge in [-0.25, -0.2) is 9.18 Å². The maximum absolute atomic E-state index is 14.7. The number of fused-ring (bicyclic) bond motifs is 1. The van der Waals surface area contributed by atoms with Crippen LogP contribution in [0.3, 0.4) is 0 Å². The predicted octanol–water partition coefficient (Wildman–Crippen LogP) is 8.21. The zero-order valence-corrected chi connectivity index (χ0v) is 22.6. The van der Waals surface area contributed by atoms with Gasteiger partial charge < -0.3 is 5.11 Å². The summed E-state index contributed by atoms with van der Waals surface area (Å²) in [5.41, 5.74) is 4.24. The molecule has 0 saturated carbocycles. The molecule has 0 amide bonds. The van der Waals surface area contributed by atoms with Crippen LogP contribution in [0.2, 0.25) is 0 Å². The van der Waals surface area contributed by atoms with Gasteiger partial charge in [0.05, 0.1) is 17.8 Å². The van der Waals surface area contributed by atoms with Gasteiger partial charge >= 0.3 is 12.1 Å². The van der Waals surface area contributed by atoms with E-state index in [1.165, 1.54) is 30.3 Å². The van der Waals surface area contributed by atoms with Crippen molar-refractivity contribution in [3.05, 3.63) is 110 Å². The molecule has 3 aromatic carbocycles. The topological polar surface area (TPSA) is 40.5 Å². The van der Waals surface area contributed by atoms with E-state index in [2.05, 4.69) is 0 Å². The summed E-state index contributed by atoms with van der Waals surface area (Å²) in [5, 5.41) is 9.55. The van der Waals surface area contributed by atoms with Crippen molar-refractivity contribution in [3.8, 4) is 0 Å². The van der Waals surface area contributed by atoms with Crippen LogP contribution in [0, 0.1) is 12.7 Å². The molecule has 5 rings (SSSR count). The van der Waals surface area contributed by atoms with Crippen LogP contribution >= 0.6 is 0 Å². The highest BCUT2D eigenvalue weighted by molar-refractivity contribution is 6.02. The third kappa shape index (κ3) is 6.12. The molecule has 0 spiro atoms. The van der Waals surface area contributed by atoms with E-state index in [9.17, 15) is 31.9 Å². The van der Waals surface area contributed by atoms with Gasteiger partial charge in [-0.15, -0.1) is 0 Å². The minimum Gasteiger partial charge on any atom is -0.478 e. The number of hydrogen-bond acceptors (Lipinski definition) is 2. The first kappa shape index (κ1) is 28.7. The van der Waals surface area contributed by atoms with E-state index in [1.54, 1.807) is 31.2 Å². The molecule has 3 nitrogen and oxygen atoms in total. The normalized spacial score (nSPS) is 15.8. The Kier molecular flexibility index (Phi) is 8.13. The fourth-order valence-electron chi connectivity index (χ4n) is 5.86. The van der Waals surface area contributed by atoms with Crippen LogP contribution in [-0.4, -0.2) is 42.3 Å². The van der Waals surface area contributed by atoms with Crippen molar-refractivity contribution in [1.82, 2.24) is 4.90 Å². The van der Waals surface area contributed by atoms with E-state index < -0.39 is 30.2 Å². The van der Waals surface area contributed by atoms with Crippen LogP contribution in [-0.2, 0) is 12.6 Å². The lowest BCUT2D eigenvalue weighted by molar-refractivity contribution is -0.137. The summed E-state index contributed by atoms with van der Waals surface area (Å²) in [4.78, 5) is 13.7. The number of carboxylic acid groups (broad SMARTS) is 1. The third-order valence-corrected chi connectivity index (χ3v) is 7.76. The monoisotopic (exact) mass is 567 g/mol. The predicted molar refractivity (Wildman–Crippen MR) is 150 cm³/mol. The highest BCUT2D eigenvalue weighted by atomic mass is 19.4. The second-order valence-electron chi connectivity index (χ2n) is 10.7. The number of nitrogens with zero attached hydrogens (tertiary/aromatic N) is 1. The number of likely N-dealkylation sites (tertiary alicyclic amines) is 1. The van der Waals surface area contributed by atoms with Crippen LogP contribution in [0.25, 0.3) is 17.2 Å². The van der Waals surface area contributed by atoms with Crippen molar-refractivity contribution in [2.45, 2.75) is 38.8 Å². The summed E-state index contributed by atoms with van der Waals surface area (Å²) < 4.78 is 70.6. The van der Waals surface area contributed by atoms with Gasteiger partial charge in [0.25, 0.3) is 0 Å². The lowest BCUT2D eigenvalue weighted by atomic mass is 9.83. The van der Waals surface area contributed by atoms with Gasteiger partial charge in [0, 0.05) is 19.6 Å². The Morgan fingerprint density at radius 2 is 1.71 bits per heavy atom. The molecule has 0 aromatic heterocycles. The molecule has 1 aliphatic heterocycles. The average Bonchev–Trinajstić information content (AvgIpc) is 3.08. The van der Waals surface area contributed by atoms with Crippen molar-refractivity contribution in [2.24, 2.45) is 0 Å². The van der Waals surface area contributed by atoms with Gasteiger partial charge in [0.2, 0.25) is 0 Å². The second kappa shape index (κ2) is 11.6. The Morgan fingerprint density at radius 3 is 2.39 bits per heavy atom. The van der Waals surface area contributed by atoms with Crippen molar-refractivity contribution in [1.29, 1.82) is 0 Å². The van der Waals surface area contributed by atoms with Crippen LogP contribution in [0.15, 0.2) is 60.2 Å². The quantitative estimate of drug-likeness (QED) is 0.293. The summed E-state index contributed by atoms with van der Waals surface area (Å²) in [7, 11) is 0. The fraction of sp³-hybridized carbons (Fsp3) is 0.303. The maximum Gasteiger partial charge on any atom is 0.417 e. The lowest BCUT2D eigenvalue weighted by Gasteiger charge is -2.34. The van der Waals surface area contributed by atoms with Crippen molar-refractivity contribution in [3.63, 3.8) is 0 Å². The van der Waals surface area contributed by atoms with Crippen LogP contribution < -0.4 is 0 Å². The molecule has 214 valence electrons. The van der Waals surface area contributed by atoms with Gasteiger partial charge in [0.15, 0.2) is 0 Å². The number of benzene rings is 3. The van der Waals surface area contributed by atoms with Crippen LogP contribution in [0.4, 0.5) is 22.0 Å². The largest absolute Gasteiger partial charge is 0.478 e. The summed E-state index contributed by atoms with van der Waals surface area (Å²) >= 11 is 0. The molecule has 0 unspecified atom stereocenters. The molecular weight excluding hydrogens is 537 g/mol. The molecule has 0 radical (unpaired) electrons. The first-order valence-electron chi connectivity index (χ1n) is 13.6. The highest BCUT2D eigenvalue weighted by Gasteiger charge is 2.36. The number of carboxylic acids is 1. The van der Waals surface area contributed by atoms with Crippen molar-refractivity contribution >= 4 is 23.2 Å². The molecule has 1 aliphatic carbocycles. The highest BCUT2D eigenvalue weighted by Crippen LogP contribution is 2.45. The Morgan fingerprint density at radius 1 is 0.976 bits per heavy atom. The summed E-state index contributed by atoms with van der Waals surface area (Å²) in [6.07, 6.45) is -0.952. The molecule has 1 heterocycles. The summed E-state index contributed by atoms with van der Waals surface area (Å²) in [6, 6.07) is 13.1. The van der Waals surface area contributed by atoms with E-state index in [1.807, 2.05) is 4.90 Å². The Hall–Kier alpha value is -3.78. The number of rotatable bonds is 7. The molecule has 0 bridgehead atoms. The Balaban J connectivity index is 1.69. The van der Waals surface area contributed by atoms with E-state index in [0.29, 0.717) is 84.3 Å². The lowest BCUT2D eigenvalue weighted by Crippen LogP contribution is -2.40. The number of halogens is 5. The third-order valence-electron chi connectivity index (χ3n) is 7.76. The minimum absolute atomic E-state index is 0.00258. The van der Waals surface area contributed by atoms with Gasteiger partial charge in [0.1, 0.15) is 5.82 Å². The standard InChI is InChI=1S/C33H30F5NO2/c1-20-14-25(35)8-11-26(20)28-5-2-4-23-17-24(32(40)41)7-10-27(23)31(28)29-9-6-21(16-30(29)33(36,37)38)15-22-18-39(19-22)13-3-12-34/h6-11,14-17H,2-5,12-13,18-19H2,1H3,(H,40,41). The van der Waals surface area contributed by atoms with Crippen molar-refractivity contribution < 1.29 is 31.9 Å². The zero-order valence-electron chi connectivity index (χ0n) is 22.6. The second-order valence-corrected chi connectivity index (χ2v) is 10.7. The van der Waals surface area contributed by atoms with E-state index >= 15 is 0 Å². The van der Waals surface area contributed by atoms with Gasteiger partial charge in [-0.05, 0) is 113 Å². The average molecular weight is 568 g/mol.